The Bertz CT molecular complexity index is 896. The van der Waals surface area contributed by atoms with Crippen LogP contribution in [0.1, 0.15) is 17.7 Å². The molecular formula is C20H23N5O2. The minimum absolute atomic E-state index is 0.00873. The number of aromatic nitrogens is 3. The lowest BCUT2D eigenvalue weighted by Gasteiger charge is -2.32. The summed E-state index contributed by atoms with van der Waals surface area (Å²) in [6, 6.07) is 10.4. The summed E-state index contributed by atoms with van der Waals surface area (Å²) in [6.45, 7) is 3.64. The molecule has 0 bridgehead atoms. The molecule has 0 saturated carbocycles. The van der Waals surface area contributed by atoms with Gasteiger partial charge in [0.25, 0.3) is 0 Å². The van der Waals surface area contributed by atoms with Gasteiger partial charge in [0.2, 0.25) is 5.91 Å². The Hall–Kier alpha value is -2.77. The van der Waals surface area contributed by atoms with Gasteiger partial charge in [-0.15, -0.1) is 0 Å². The highest BCUT2D eigenvalue weighted by atomic mass is 16.5. The van der Waals surface area contributed by atoms with E-state index in [1.807, 2.05) is 16.7 Å². The highest BCUT2D eigenvalue weighted by Gasteiger charge is 2.23. The number of hydrogen-bond acceptors (Lipinski definition) is 5. The first-order valence-corrected chi connectivity index (χ1v) is 9.18. The maximum absolute atomic E-state index is 12.4. The molecule has 3 heterocycles. The Morgan fingerprint density at radius 1 is 1.26 bits per heavy atom. The van der Waals surface area contributed by atoms with Crippen LogP contribution in [-0.4, -0.2) is 51.0 Å². The van der Waals surface area contributed by atoms with Gasteiger partial charge in [-0.05, 0) is 5.56 Å². The summed E-state index contributed by atoms with van der Waals surface area (Å²) >= 11 is 0. The number of ether oxygens (including phenoxy) is 1. The molecule has 1 unspecified atom stereocenters. The predicted molar refractivity (Wildman–Crippen MR) is 101 cm³/mol. The first kappa shape index (κ1) is 17.6. The van der Waals surface area contributed by atoms with Crippen molar-refractivity contribution in [1.82, 2.24) is 24.6 Å². The van der Waals surface area contributed by atoms with Crippen LogP contribution < -0.4 is 5.32 Å². The van der Waals surface area contributed by atoms with Crippen molar-refractivity contribution in [3.63, 3.8) is 0 Å². The molecule has 1 amide bonds. The van der Waals surface area contributed by atoms with Crippen LogP contribution in [0.25, 0.3) is 5.65 Å². The number of amides is 1. The fourth-order valence-electron chi connectivity index (χ4n) is 3.38. The maximum Gasteiger partial charge on any atom is 0.222 e. The third-order valence-electron chi connectivity index (χ3n) is 4.75. The smallest absolute Gasteiger partial charge is 0.222 e. The zero-order valence-electron chi connectivity index (χ0n) is 15.1. The van der Waals surface area contributed by atoms with Crippen molar-refractivity contribution in [2.45, 2.75) is 25.6 Å². The number of morpholine rings is 1. The summed E-state index contributed by atoms with van der Waals surface area (Å²) in [5.74, 6) is -0.00873. The first-order valence-electron chi connectivity index (χ1n) is 9.18. The van der Waals surface area contributed by atoms with Gasteiger partial charge in [0.1, 0.15) is 0 Å². The van der Waals surface area contributed by atoms with Gasteiger partial charge in [0, 0.05) is 32.0 Å². The molecule has 1 N–H and O–H groups in total. The van der Waals surface area contributed by atoms with Crippen molar-refractivity contribution in [2.24, 2.45) is 0 Å². The Kier molecular flexibility index (Phi) is 5.41. The minimum Gasteiger partial charge on any atom is -0.375 e. The van der Waals surface area contributed by atoms with Gasteiger partial charge in [-0.3, -0.25) is 19.1 Å². The second-order valence-corrected chi connectivity index (χ2v) is 6.75. The molecule has 1 aliphatic rings. The lowest BCUT2D eigenvalue weighted by atomic mass is 10.1. The normalized spacial score (nSPS) is 17.9. The van der Waals surface area contributed by atoms with E-state index in [9.17, 15) is 4.79 Å². The quantitative estimate of drug-likeness (QED) is 0.719. The van der Waals surface area contributed by atoms with Crippen molar-refractivity contribution in [3.8, 4) is 0 Å². The van der Waals surface area contributed by atoms with Crippen LogP contribution in [0.3, 0.4) is 0 Å². The van der Waals surface area contributed by atoms with Crippen LogP contribution in [0.4, 0.5) is 0 Å². The van der Waals surface area contributed by atoms with Gasteiger partial charge >= 0.3 is 0 Å². The van der Waals surface area contributed by atoms with Crippen LogP contribution in [0.2, 0.25) is 0 Å². The summed E-state index contributed by atoms with van der Waals surface area (Å²) in [6.07, 6.45) is 7.29. The first-order chi connectivity index (χ1) is 13.3. The van der Waals surface area contributed by atoms with Crippen LogP contribution in [0.5, 0.6) is 0 Å². The molecule has 1 aromatic carbocycles. The molecule has 7 heteroatoms. The standard InChI is InChI=1S/C20H23N5O2/c26-20(23-12-17-11-22-19-13-21-6-7-25(17)19)10-18-15-24(8-9-27-18)14-16-4-2-1-3-5-16/h1-7,11,13,18H,8-10,12,14-15H2,(H,23,26). The zero-order chi connectivity index (χ0) is 18.5. The number of rotatable bonds is 6. The van der Waals surface area contributed by atoms with E-state index in [0.717, 1.165) is 31.0 Å². The summed E-state index contributed by atoms with van der Waals surface area (Å²) in [5, 5.41) is 2.97. The molecule has 7 nitrogen and oxygen atoms in total. The molecule has 0 spiro atoms. The summed E-state index contributed by atoms with van der Waals surface area (Å²) < 4.78 is 7.72. The van der Waals surface area contributed by atoms with Crippen molar-refractivity contribution in [1.29, 1.82) is 0 Å². The molecule has 1 saturated heterocycles. The molecule has 1 fully saturated rings. The number of nitrogens with one attached hydrogen (secondary N) is 1. The number of nitrogens with zero attached hydrogens (tertiary/aromatic N) is 4. The van der Waals surface area contributed by atoms with Crippen LogP contribution in [-0.2, 0) is 22.6 Å². The van der Waals surface area contributed by atoms with E-state index >= 15 is 0 Å². The van der Waals surface area contributed by atoms with Gasteiger partial charge < -0.3 is 10.1 Å². The van der Waals surface area contributed by atoms with Gasteiger partial charge in [-0.1, -0.05) is 30.3 Å². The average molecular weight is 365 g/mol. The summed E-state index contributed by atoms with van der Waals surface area (Å²) in [5.41, 5.74) is 2.98. The molecule has 0 radical (unpaired) electrons. The van der Waals surface area contributed by atoms with E-state index in [1.165, 1.54) is 5.56 Å². The van der Waals surface area contributed by atoms with Crippen LogP contribution in [0, 0.1) is 0 Å². The molecule has 1 atom stereocenters. The van der Waals surface area contributed by atoms with Crippen molar-refractivity contribution in [3.05, 3.63) is 66.4 Å². The van der Waals surface area contributed by atoms with Gasteiger partial charge in [0.15, 0.2) is 5.65 Å². The molecule has 4 rings (SSSR count). The molecule has 3 aromatic rings. The lowest BCUT2D eigenvalue weighted by Crippen LogP contribution is -2.44. The molecule has 27 heavy (non-hydrogen) atoms. The number of imidazole rings is 1. The number of hydrogen-bond donors (Lipinski definition) is 1. The summed E-state index contributed by atoms with van der Waals surface area (Å²) in [7, 11) is 0. The number of carbonyl (C=O) groups is 1. The van der Waals surface area contributed by atoms with Crippen molar-refractivity contribution >= 4 is 11.6 Å². The molecule has 2 aromatic heterocycles. The van der Waals surface area contributed by atoms with Gasteiger partial charge in [-0.25, -0.2) is 4.98 Å². The van der Waals surface area contributed by atoms with E-state index in [-0.39, 0.29) is 12.0 Å². The fraction of sp³-hybridized carbons (Fsp3) is 0.350. The minimum atomic E-state index is -0.0751. The Balaban J connectivity index is 1.27. The molecule has 0 aliphatic carbocycles. The Labute approximate surface area is 158 Å². The van der Waals surface area contributed by atoms with Crippen LogP contribution in [0.15, 0.2) is 55.1 Å². The molecular weight excluding hydrogens is 342 g/mol. The average Bonchev–Trinajstić information content (AvgIpc) is 3.11. The van der Waals surface area contributed by atoms with Crippen LogP contribution >= 0.6 is 0 Å². The largest absolute Gasteiger partial charge is 0.375 e. The van der Waals surface area contributed by atoms with E-state index in [4.69, 9.17) is 4.74 Å². The second kappa shape index (κ2) is 8.28. The maximum atomic E-state index is 12.4. The van der Waals surface area contributed by atoms with Gasteiger partial charge in [-0.2, -0.15) is 0 Å². The van der Waals surface area contributed by atoms with Crippen molar-refractivity contribution in [2.75, 3.05) is 19.7 Å². The third-order valence-corrected chi connectivity index (χ3v) is 4.75. The third kappa shape index (κ3) is 4.50. The second-order valence-electron chi connectivity index (χ2n) is 6.75. The Morgan fingerprint density at radius 3 is 3.04 bits per heavy atom. The SMILES string of the molecule is O=C(CC1CN(Cc2ccccc2)CCO1)NCc1cnc2cnccn12. The van der Waals surface area contributed by atoms with E-state index in [2.05, 4.69) is 44.5 Å². The highest BCUT2D eigenvalue weighted by Crippen LogP contribution is 2.13. The van der Waals surface area contributed by atoms with Gasteiger partial charge in [0.05, 0.1) is 43.8 Å². The van der Waals surface area contributed by atoms with Crippen molar-refractivity contribution < 1.29 is 9.53 Å². The summed E-state index contributed by atoms with van der Waals surface area (Å²) in [4.78, 5) is 23.0. The number of benzene rings is 1. The van der Waals surface area contributed by atoms with E-state index < -0.39 is 0 Å². The van der Waals surface area contributed by atoms with E-state index in [0.29, 0.717) is 19.6 Å². The molecule has 1 aliphatic heterocycles. The Morgan fingerprint density at radius 2 is 2.15 bits per heavy atom. The lowest BCUT2D eigenvalue weighted by molar-refractivity contribution is -0.126. The molecule has 140 valence electrons. The topological polar surface area (TPSA) is 71.8 Å². The highest BCUT2D eigenvalue weighted by molar-refractivity contribution is 5.76. The number of carbonyl (C=O) groups excluding carboxylic acids is 1. The monoisotopic (exact) mass is 365 g/mol. The van der Waals surface area contributed by atoms with E-state index in [1.54, 1.807) is 18.6 Å². The zero-order valence-corrected chi connectivity index (χ0v) is 15.1. The predicted octanol–water partition coefficient (Wildman–Crippen LogP) is 1.64. The fourth-order valence-corrected chi connectivity index (χ4v) is 3.38. The number of fused-ring (bicyclic) bond motifs is 1.